The number of ketones is 1. The van der Waals surface area contributed by atoms with Crippen LogP contribution in [0.25, 0.3) is 0 Å². The van der Waals surface area contributed by atoms with Gasteiger partial charge in [-0.15, -0.1) is 0 Å². The van der Waals surface area contributed by atoms with E-state index >= 15 is 0 Å². The van der Waals surface area contributed by atoms with Crippen LogP contribution in [0.2, 0.25) is 0 Å². The predicted octanol–water partition coefficient (Wildman–Crippen LogP) is 3.04. The molecule has 0 amide bonds. The van der Waals surface area contributed by atoms with Crippen molar-refractivity contribution in [3.8, 4) is 0 Å². The fourth-order valence-electron chi connectivity index (χ4n) is 1.57. The van der Waals surface area contributed by atoms with E-state index in [1.807, 2.05) is 68.3 Å². The van der Waals surface area contributed by atoms with E-state index in [1.54, 1.807) is 0 Å². The Balaban J connectivity index is 0.000000686. The molecule has 0 fully saturated rings. The maximum atomic E-state index is 12.1. The number of rotatable bonds is 2. The summed E-state index contributed by atoms with van der Waals surface area (Å²) in [7, 11) is 0. The van der Waals surface area contributed by atoms with Crippen molar-refractivity contribution in [3.63, 3.8) is 0 Å². The summed E-state index contributed by atoms with van der Waals surface area (Å²) in [5.74, 6) is 0.0914. The van der Waals surface area contributed by atoms with E-state index in [9.17, 15) is 4.79 Å². The smallest absolute Gasteiger partial charge is 0.193 e. The molecular formula is C15H14O2. The van der Waals surface area contributed by atoms with Gasteiger partial charge < -0.3 is 4.79 Å². The van der Waals surface area contributed by atoms with Crippen molar-refractivity contribution >= 4 is 12.6 Å². The molecule has 2 heteroatoms. The SMILES string of the molecule is C=O.Cc1ccccc1C(=O)c1ccccc1. The Bertz CT molecular complexity index is 489. The van der Waals surface area contributed by atoms with Gasteiger partial charge >= 0.3 is 0 Å². The minimum atomic E-state index is 0.0914. The van der Waals surface area contributed by atoms with Crippen LogP contribution in [0.15, 0.2) is 54.6 Å². The minimum absolute atomic E-state index is 0.0914. The van der Waals surface area contributed by atoms with Crippen LogP contribution >= 0.6 is 0 Å². The van der Waals surface area contributed by atoms with Crippen LogP contribution in [0.3, 0.4) is 0 Å². The van der Waals surface area contributed by atoms with Crippen molar-refractivity contribution in [1.29, 1.82) is 0 Å². The molecule has 0 spiro atoms. The first-order valence-corrected chi connectivity index (χ1v) is 5.23. The molecule has 2 aromatic carbocycles. The average molecular weight is 226 g/mol. The number of aryl methyl sites for hydroxylation is 1. The first-order valence-electron chi connectivity index (χ1n) is 5.23. The van der Waals surface area contributed by atoms with Gasteiger partial charge in [0.2, 0.25) is 0 Å². The summed E-state index contributed by atoms with van der Waals surface area (Å²) in [5.41, 5.74) is 2.54. The Kier molecular flexibility index (Phi) is 4.82. The molecule has 0 radical (unpaired) electrons. The summed E-state index contributed by atoms with van der Waals surface area (Å²) < 4.78 is 0. The van der Waals surface area contributed by atoms with E-state index in [-0.39, 0.29) is 5.78 Å². The molecule has 2 nitrogen and oxygen atoms in total. The summed E-state index contributed by atoms with van der Waals surface area (Å²) in [5, 5.41) is 0. The molecule has 0 aromatic heterocycles. The third-order valence-corrected chi connectivity index (χ3v) is 2.43. The van der Waals surface area contributed by atoms with Crippen molar-refractivity contribution in [3.05, 3.63) is 71.3 Å². The first kappa shape index (κ1) is 12.8. The second-order valence-electron chi connectivity index (χ2n) is 3.51. The summed E-state index contributed by atoms with van der Waals surface area (Å²) >= 11 is 0. The zero-order valence-corrected chi connectivity index (χ0v) is 9.72. The molecule has 0 heterocycles. The lowest BCUT2D eigenvalue weighted by molar-refractivity contribution is -0.0979. The lowest BCUT2D eigenvalue weighted by Gasteiger charge is -2.03. The van der Waals surface area contributed by atoms with Gasteiger partial charge in [-0.3, -0.25) is 4.79 Å². The second kappa shape index (κ2) is 6.38. The highest BCUT2D eigenvalue weighted by atomic mass is 16.1. The highest BCUT2D eigenvalue weighted by molar-refractivity contribution is 6.09. The Morgan fingerprint density at radius 1 is 0.882 bits per heavy atom. The third-order valence-electron chi connectivity index (χ3n) is 2.43. The standard InChI is InChI=1S/C14H12O.CH2O/c1-11-7-5-6-10-13(11)14(15)12-8-3-2-4-9-12;1-2/h2-10H,1H3;1H2. The Morgan fingerprint density at radius 2 is 1.41 bits per heavy atom. The van der Waals surface area contributed by atoms with E-state index in [0.717, 1.165) is 16.7 Å². The molecular weight excluding hydrogens is 212 g/mol. The number of hydrogen-bond acceptors (Lipinski definition) is 2. The quantitative estimate of drug-likeness (QED) is 0.737. The van der Waals surface area contributed by atoms with Crippen molar-refractivity contribution in [2.24, 2.45) is 0 Å². The van der Waals surface area contributed by atoms with Crippen LogP contribution in [0.1, 0.15) is 21.5 Å². The molecule has 0 N–H and O–H groups in total. The number of carbonyl (C=O) groups excluding carboxylic acids is 2. The molecule has 0 atom stereocenters. The average Bonchev–Trinajstić information content (AvgIpc) is 2.42. The zero-order chi connectivity index (χ0) is 12.7. The summed E-state index contributed by atoms with van der Waals surface area (Å²) in [6.45, 7) is 3.95. The largest absolute Gasteiger partial charge is 0.307 e. The molecule has 0 unspecified atom stereocenters. The molecule has 0 saturated carbocycles. The Hall–Kier alpha value is -2.22. The van der Waals surface area contributed by atoms with Gasteiger partial charge in [0.05, 0.1) is 0 Å². The van der Waals surface area contributed by atoms with Crippen LogP contribution in [0, 0.1) is 6.92 Å². The molecule has 2 rings (SSSR count). The highest BCUT2D eigenvalue weighted by Crippen LogP contribution is 2.13. The molecule has 86 valence electrons. The topological polar surface area (TPSA) is 34.1 Å². The van der Waals surface area contributed by atoms with Gasteiger partial charge in [0.15, 0.2) is 5.78 Å². The maximum absolute atomic E-state index is 12.1. The van der Waals surface area contributed by atoms with Gasteiger partial charge in [-0.1, -0.05) is 54.6 Å². The fourth-order valence-corrected chi connectivity index (χ4v) is 1.57. The predicted molar refractivity (Wildman–Crippen MR) is 68.2 cm³/mol. The summed E-state index contributed by atoms with van der Waals surface area (Å²) in [6.07, 6.45) is 0. The van der Waals surface area contributed by atoms with Gasteiger partial charge in [-0.05, 0) is 12.5 Å². The van der Waals surface area contributed by atoms with Crippen molar-refractivity contribution in [1.82, 2.24) is 0 Å². The van der Waals surface area contributed by atoms with Gasteiger partial charge in [0.1, 0.15) is 6.79 Å². The number of benzene rings is 2. The molecule has 0 bridgehead atoms. The van der Waals surface area contributed by atoms with E-state index < -0.39 is 0 Å². The van der Waals surface area contributed by atoms with Crippen LogP contribution in [-0.2, 0) is 4.79 Å². The number of carbonyl (C=O) groups is 2. The zero-order valence-electron chi connectivity index (χ0n) is 9.72. The van der Waals surface area contributed by atoms with Crippen molar-refractivity contribution < 1.29 is 9.59 Å². The van der Waals surface area contributed by atoms with E-state index in [1.165, 1.54) is 0 Å². The maximum Gasteiger partial charge on any atom is 0.193 e. The third kappa shape index (κ3) is 3.11. The fraction of sp³-hybridized carbons (Fsp3) is 0.0667. The van der Waals surface area contributed by atoms with Gasteiger partial charge in [0.25, 0.3) is 0 Å². The summed E-state index contributed by atoms with van der Waals surface area (Å²) in [4.78, 5) is 20.1. The molecule has 17 heavy (non-hydrogen) atoms. The molecule has 0 aliphatic rings. The molecule has 0 saturated heterocycles. The lowest BCUT2D eigenvalue weighted by atomic mass is 9.99. The van der Waals surface area contributed by atoms with Crippen molar-refractivity contribution in [2.75, 3.05) is 0 Å². The van der Waals surface area contributed by atoms with E-state index in [0.29, 0.717) is 0 Å². The minimum Gasteiger partial charge on any atom is -0.307 e. The first-order chi connectivity index (χ1) is 8.29. The second-order valence-corrected chi connectivity index (χ2v) is 3.51. The van der Waals surface area contributed by atoms with Crippen molar-refractivity contribution in [2.45, 2.75) is 6.92 Å². The van der Waals surface area contributed by atoms with Gasteiger partial charge in [0, 0.05) is 11.1 Å². The molecule has 0 aliphatic carbocycles. The van der Waals surface area contributed by atoms with Crippen LogP contribution in [-0.4, -0.2) is 12.6 Å². The highest BCUT2D eigenvalue weighted by Gasteiger charge is 2.09. The van der Waals surface area contributed by atoms with E-state index in [4.69, 9.17) is 4.79 Å². The van der Waals surface area contributed by atoms with Crippen LogP contribution in [0.4, 0.5) is 0 Å². The monoisotopic (exact) mass is 226 g/mol. The van der Waals surface area contributed by atoms with Gasteiger partial charge in [-0.25, -0.2) is 0 Å². The molecule has 2 aromatic rings. The van der Waals surface area contributed by atoms with Gasteiger partial charge in [-0.2, -0.15) is 0 Å². The van der Waals surface area contributed by atoms with Crippen LogP contribution in [0.5, 0.6) is 0 Å². The Labute approximate surface area is 101 Å². The van der Waals surface area contributed by atoms with Crippen LogP contribution < -0.4 is 0 Å². The number of hydrogen-bond donors (Lipinski definition) is 0. The molecule has 0 aliphatic heterocycles. The normalized spacial score (nSPS) is 9.00. The van der Waals surface area contributed by atoms with E-state index in [2.05, 4.69) is 0 Å². The lowest BCUT2D eigenvalue weighted by Crippen LogP contribution is -2.02. The Morgan fingerprint density at radius 3 is 2.00 bits per heavy atom. The summed E-state index contributed by atoms with van der Waals surface area (Å²) in [6, 6.07) is 17.0.